The number of piperidine rings is 3. The molecule has 0 radical (unpaired) electrons. The molecule has 368 valence electrons. The van der Waals surface area contributed by atoms with Crippen LogP contribution in [0.15, 0.2) is 46.3 Å². The van der Waals surface area contributed by atoms with Crippen LogP contribution in [0.1, 0.15) is 86.6 Å². The van der Waals surface area contributed by atoms with Gasteiger partial charge in [-0.3, -0.25) is 43.5 Å². The number of imide groups is 1. The summed E-state index contributed by atoms with van der Waals surface area (Å²) in [6.07, 6.45) is 5.66. The second-order valence-corrected chi connectivity index (χ2v) is 19.2. The molecule has 4 fully saturated rings. The maximum atomic E-state index is 14.6. The molecule has 4 unspecified atom stereocenters. The third-order valence-corrected chi connectivity index (χ3v) is 15.0. The third kappa shape index (κ3) is 10.5. The number of likely N-dealkylation sites (tertiary alicyclic amines) is 2. The standard InChI is InChI=1S/C49H68F2N12O5/c1-31(64)61-19-14-39(38(29-61)47(53)62-16-5-7-33-25-36(34(27-52)28-54-2)37(46(50)51)26-42(33)62)55-35-12-17-60(18-13-35)45(66)30-59-22-20-58(21-23-59)15-4-6-32-8-9-40-43(24-32)57(3)49(68)63(40)41-10-11-44(65)56-48(41)67/h8-9,24-28,35,38-39,41,46-47,55H,4-7,10-23,29-30,52-53H2,1-3H3,(H,56,65,67). The van der Waals surface area contributed by atoms with Gasteiger partial charge in [0.2, 0.25) is 23.6 Å². The van der Waals surface area contributed by atoms with Gasteiger partial charge in [-0.2, -0.15) is 0 Å². The van der Waals surface area contributed by atoms with Crippen LogP contribution in [0.5, 0.6) is 0 Å². The molecule has 4 amide bonds. The smallest absolute Gasteiger partial charge is 0.329 e. The molecule has 0 aliphatic carbocycles. The zero-order valence-electron chi connectivity index (χ0n) is 39.7. The van der Waals surface area contributed by atoms with Gasteiger partial charge in [-0.25, -0.2) is 13.6 Å². The van der Waals surface area contributed by atoms with E-state index in [1.54, 1.807) is 37.7 Å². The highest BCUT2D eigenvalue weighted by molar-refractivity contribution is 6.10. The molecule has 5 aliphatic rings. The molecule has 0 bridgehead atoms. The fraction of sp³-hybridized carbons (Fsp3) is 0.592. The largest absolute Gasteiger partial charge is 0.404 e. The lowest BCUT2D eigenvalue weighted by Gasteiger charge is -2.48. The van der Waals surface area contributed by atoms with Crippen molar-refractivity contribution in [3.05, 3.63) is 69.3 Å². The Morgan fingerprint density at radius 1 is 0.926 bits per heavy atom. The monoisotopic (exact) mass is 943 g/mol. The van der Waals surface area contributed by atoms with E-state index in [-0.39, 0.29) is 53.4 Å². The van der Waals surface area contributed by atoms with Gasteiger partial charge >= 0.3 is 5.69 Å². The minimum absolute atomic E-state index is 0.00508. The van der Waals surface area contributed by atoms with Crippen LogP contribution in [0.4, 0.5) is 14.5 Å². The van der Waals surface area contributed by atoms with E-state index < -0.39 is 24.5 Å². The molecule has 5 aliphatic heterocycles. The van der Waals surface area contributed by atoms with Crippen molar-refractivity contribution in [2.24, 2.45) is 29.4 Å². The molecule has 68 heavy (non-hydrogen) atoms. The highest BCUT2D eigenvalue weighted by atomic mass is 19.3. The van der Waals surface area contributed by atoms with E-state index >= 15 is 0 Å². The predicted octanol–water partition coefficient (Wildman–Crippen LogP) is 2.36. The number of nitrogens with one attached hydrogen (secondary N) is 2. The van der Waals surface area contributed by atoms with Gasteiger partial charge in [0.15, 0.2) is 0 Å². The first-order chi connectivity index (χ1) is 32.7. The van der Waals surface area contributed by atoms with Crippen molar-refractivity contribution in [3.8, 4) is 0 Å². The van der Waals surface area contributed by atoms with Crippen molar-refractivity contribution in [2.75, 3.05) is 83.9 Å². The van der Waals surface area contributed by atoms with E-state index in [9.17, 15) is 32.8 Å². The molecule has 6 N–H and O–H groups in total. The summed E-state index contributed by atoms with van der Waals surface area (Å²) in [7, 11) is 3.29. The summed E-state index contributed by atoms with van der Waals surface area (Å²) in [6, 6.07) is 8.77. The third-order valence-electron chi connectivity index (χ3n) is 15.0. The van der Waals surface area contributed by atoms with Crippen LogP contribution in [-0.2, 0) is 39.1 Å². The number of halogens is 2. The molecule has 4 atom stereocenters. The van der Waals surface area contributed by atoms with E-state index in [0.717, 1.165) is 87.9 Å². The number of aliphatic imine (C=N–C) groups is 1. The Kier molecular flexibility index (Phi) is 15.4. The molecule has 0 saturated carbocycles. The molecule has 17 nitrogen and oxygen atoms in total. The number of hydrogen-bond acceptors (Lipinski definition) is 12. The number of allylic oxidation sites excluding steroid dienone is 1. The number of alkyl halides is 2. The molecule has 1 aromatic heterocycles. The lowest BCUT2D eigenvalue weighted by Crippen LogP contribution is -2.63. The van der Waals surface area contributed by atoms with Crippen LogP contribution < -0.4 is 32.7 Å². The first-order valence-electron chi connectivity index (χ1n) is 24.3. The second-order valence-electron chi connectivity index (χ2n) is 19.2. The lowest BCUT2D eigenvalue weighted by molar-refractivity contribution is -0.136. The number of aromatic nitrogens is 2. The Hall–Kier alpha value is -5.50. The summed E-state index contributed by atoms with van der Waals surface area (Å²) in [5.74, 6) is -0.783. The van der Waals surface area contributed by atoms with Gasteiger partial charge in [0, 0.05) is 134 Å². The topological polar surface area (TPSA) is 200 Å². The number of hydrogen-bond donors (Lipinski definition) is 4. The fourth-order valence-corrected chi connectivity index (χ4v) is 11.2. The lowest BCUT2D eigenvalue weighted by atomic mass is 9.85. The van der Waals surface area contributed by atoms with Gasteiger partial charge < -0.3 is 36.4 Å². The maximum absolute atomic E-state index is 14.6. The van der Waals surface area contributed by atoms with Crippen molar-refractivity contribution in [1.29, 1.82) is 0 Å². The minimum atomic E-state index is -2.73. The van der Waals surface area contributed by atoms with Crippen LogP contribution in [0.3, 0.4) is 0 Å². The number of carbonyl (C=O) groups is 4. The molecule has 6 heterocycles. The van der Waals surface area contributed by atoms with E-state index in [4.69, 9.17) is 11.5 Å². The number of benzene rings is 2. The number of amides is 4. The Morgan fingerprint density at radius 2 is 1.66 bits per heavy atom. The normalized spacial score (nSPS) is 23.2. The predicted molar refractivity (Wildman–Crippen MR) is 258 cm³/mol. The minimum Gasteiger partial charge on any atom is -0.404 e. The zero-order chi connectivity index (χ0) is 48.2. The Balaban J connectivity index is 0.806. The second kappa shape index (κ2) is 21.4. The van der Waals surface area contributed by atoms with Crippen molar-refractivity contribution >= 4 is 52.1 Å². The van der Waals surface area contributed by atoms with Gasteiger partial charge in [0.25, 0.3) is 6.43 Å². The van der Waals surface area contributed by atoms with Gasteiger partial charge in [-0.15, -0.1) is 0 Å². The van der Waals surface area contributed by atoms with E-state index in [1.165, 1.54) is 17.0 Å². The number of nitrogens with zero attached hydrogens (tertiary/aromatic N) is 8. The summed E-state index contributed by atoms with van der Waals surface area (Å²) < 4.78 is 32.3. The van der Waals surface area contributed by atoms with Gasteiger partial charge in [-0.1, -0.05) is 6.07 Å². The summed E-state index contributed by atoms with van der Waals surface area (Å²) in [5, 5.41) is 6.26. The van der Waals surface area contributed by atoms with E-state index in [0.29, 0.717) is 74.5 Å². The molecule has 3 aromatic rings. The SMILES string of the molecule is CN=CC(=CN)c1cc2c(cc1C(F)F)N(C(N)C1CN(C(C)=O)CCC1NC1CCN(C(=O)CN3CCN(CCCc4ccc5c(c4)n(C)c(=O)n5C4CCC(=O)NC4=O)CC3)CC1)CCC2. The van der Waals surface area contributed by atoms with Crippen molar-refractivity contribution in [3.63, 3.8) is 0 Å². The number of piperazine rings is 1. The molecule has 2 aromatic carbocycles. The summed E-state index contributed by atoms with van der Waals surface area (Å²) in [5.41, 5.74) is 17.6. The number of carbonyl (C=O) groups excluding carboxylic acids is 4. The molecule has 19 heteroatoms. The van der Waals surface area contributed by atoms with Crippen molar-refractivity contribution < 1.29 is 28.0 Å². The molecule has 0 spiro atoms. The summed E-state index contributed by atoms with van der Waals surface area (Å²) in [6.45, 7) is 9.27. The number of imidazole rings is 1. The van der Waals surface area contributed by atoms with Gasteiger partial charge in [0.1, 0.15) is 6.04 Å². The number of anilines is 1. The molecule has 8 rings (SSSR count). The van der Waals surface area contributed by atoms with Gasteiger partial charge in [-0.05, 0) is 98.9 Å². The number of fused-ring (bicyclic) bond motifs is 2. The first kappa shape index (κ1) is 48.9. The van der Waals surface area contributed by atoms with Crippen LogP contribution in [0.2, 0.25) is 0 Å². The number of nitrogens with two attached hydrogens (primary N) is 2. The quantitative estimate of drug-likeness (QED) is 0.137. The number of aryl methyl sites for hydroxylation is 3. The Labute approximate surface area is 396 Å². The van der Waals surface area contributed by atoms with E-state index in [2.05, 4.69) is 30.3 Å². The highest BCUT2D eigenvalue weighted by Gasteiger charge is 2.40. The van der Waals surface area contributed by atoms with E-state index in [1.807, 2.05) is 28.0 Å². The Bertz CT molecular complexity index is 2470. The van der Waals surface area contributed by atoms with Crippen molar-refractivity contribution in [2.45, 2.75) is 95.4 Å². The van der Waals surface area contributed by atoms with Crippen LogP contribution in [0, 0.1) is 5.92 Å². The molecular weight excluding hydrogens is 875 g/mol. The van der Waals surface area contributed by atoms with Crippen LogP contribution >= 0.6 is 0 Å². The maximum Gasteiger partial charge on any atom is 0.329 e. The summed E-state index contributed by atoms with van der Waals surface area (Å²) >= 11 is 0. The average Bonchev–Trinajstić information content (AvgIpc) is 3.58. The van der Waals surface area contributed by atoms with Crippen LogP contribution in [-0.4, -0.2) is 156 Å². The van der Waals surface area contributed by atoms with Crippen molar-refractivity contribution in [1.82, 2.24) is 39.4 Å². The fourth-order valence-electron chi connectivity index (χ4n) is 11.2. The Morgan fingerprint density at radius 3 is 2.35 bits per heavy atom. The summed E-state index contributed by atoms with van der Waals surface area (Å²) in [4.78, 5) is 78.3. The molecule has 4 saturated heterocycles. The number of rotatable bonds is 14. The average molecular weight is 943 g/mol. The highest BCUT2D eigenvalue weighted by Crippen LogP contribution is 2.39. The van der Waals surface area contributed by atoms with Gasteiger partial charge in [0.05, 0.1) is 23.7 Å². The van der Waals surface area contributed by atoms with Crippen LogP contribution in [0.25, 0.3) is 16.6 Å². The zero-order valence-corrected chi connectivity index (χ0v) is 39.7. The first-order valence-corrected chi connectivity index (χ1v) is 24.3. The molecular formula is C49H68F2N12O5.